The molecule has 5 heteroatoms. The molecule has 4 nitrogen and oxygen atoms in total. The monoisotopic (exact) mass is 376 g/mol. The minimum atomic E-state index is -0.209. The lowest BCUT2D eigenvalue weighted by molar-refractivity contribution is 0.0305. The van der Waals surface area contributed by atoms with Crippen molar-refractivity contribution in [2.45, 2.75) is 19.9 Å². The second-order valence-corrected chi connectivity index (χ2v) is 7.32. The number of nitrogens with one attached hydrogen (secondary N) is 1. The predicted octanol–water partition coefficient (Wildman–Crippen LogP) is 3.87. The molecule has 2 N–H and O–H groups in total. The van der Waals surface area contributed by atoms with E-state index in [9.17, 15) is 5.11 Å². The zero-order valence-electron chi connectivity index (χ0n) is 15.5. The zero-order valence-corrected chi connectivity index (χ0v) is 16.3. The van der Waals surface area contributed by atoms with Gasteiger partial charge in [0.15, 0.2) is 0 Å². The van der Waals surface area contributed by atoms with Gasteiger partial charge in [-0.15, -0.1) is 12.4 Å². The van der Waals surface area contributed by atoms with Crippen LogP contribution >= 0.6 is 12.4 Å². The van der Waals surface area contributed by atoms with E-state index in [4.69, 9.17) is 4.74 Å². The highest BCUT2D eigenvalue weighted by molar-refractivity contribution is 5.85. The number of aliphatic hydroxyl groups excluding tert-OH is 1. The van der Waals surface area contributed by atoms with Crippen molar-refractivity contribution in [2.24, 2.45) is 5.41 Å². The predicted molar refractivity (Wildman–Crippen MR) is 108 cm³/mol. The molecule has 142 valence electrons. The summed E-state index contributed by atoms with van der Waals surface area (Å²) < 4.78 is 5.90. The molecule has 2 aromatic rings. The van der Waals surface area contributed by atoms with Crippen LogP contribution in [0.25, 0.3) is 0 Å². The highest BCUT2D eigenvalue weighted by Gasteiger charge is 2.35. The molecular weight excluding hydrogens is 348 g/mol. The van der Waals surface area contributed by atoms with Gasteiger partial charge in [-0.25, -0.2) is 0 Å². The molecule has 1 fully saturated rings. The minimum Gasteiger partial charge on any atom is -0.457 e. The van der Waals surface area contributed by atoms with Crippen molar-refractivity contribution < 1.29 is 9.84 Å². The van der Waals surface area contributed by atoms with Gasteiger partial charge in [0.25, 0.3) is 0 Å². The maximum atomic E-state index is 9.94. The fourth-order valence-corrected chi connectivity index (χ4v) is 3.53. The van der Waals surface area contributed by atoms with E-state index in [0.717, 1.165) is 37.7 Å². The number of aliphatic hydroxyl groups is 1. The Balaban J connectivity index is 0.00000243. The maximum absolute atomic E-state index is 9.94. The summed E-state index contributed by atoms with van der Waals surface area (Å²) in [4.78, 5) is 2.47. The lowest BCUT2D eigenvalue weighted by atomic mass is 9.79. The Morgan fingerprint density at radius 2 is 1.58 bits per heavy atom. The number of rotatable bonds is 6. The van der Waals surface area contributed by atoms with E-state index in [0.29, 0.717) is 0 Å². The van der Waals surface area contributed by atoms with E-state index in [1.165, 1.54) is 5.56 Å². The smallest absolute Gasteiger partial charge is 0.127 e. The number of halogens is 1. The van der Waals surface area contributed by atoms with Crippen LogP contribution in [0.1, 0.15) is 25.5 Å². The van der Waals surface area contributed by atoms with E-state index < -0.39 is 0 Å². The summed E-state index contributed by atoms with van der Waals surface area (Å²) in [6, 6.07) is 18.3. The number of piperazine rings is 1. The fourth-order valence-electron chi connectivity index (χ4n) is 3.53. The Hall–Kier alpha value is -1.59. The number of hydrogen-bond donors (Lipinski definition) is 2. The average molecular weight is 377 g/mol. The number of para-hydroxylation sites is 1. The Bertz CT molecular complexity index is 655. The third kappa shape index (κ3) is 4.98. The Morgan fingerprint density at radius 3 is 2.15 bits per heavy atom. The van der Waals surface area contributed by atoms with Crippen molar-refractivity contribution in [3.8, 4) is 11.5 Å². The average Bonchev–Trinajstić information content (AvgIpc) is 2.65. The van der Waals surface area contributed by atoms with E-state index >= 15 is 0 Å². The zero-order chi connectivity index (χ0) is 17.7. The lowest BCUT2D eigenvalue weighted by Gasteiger charge is -2.43. The number of hydrogen-bond acceptors (Lipinski definition) is 4. The van der Waals surface area contributed by atoms with Crippen molar-refractivity contribution in [1.29, 1.82) is 0 Å². The molecular formula is C21H29ClN2O2. The molecule has 26 heavy (non-hydrogen) atoms. The molecule has 0 amide bonds. The van der Waals surface area contributed by atoms with Gasteiger partial charge in [0.1, 0.15) is 11.5 Å². The van der Waals surface area contributed by atoms with Crippen molar-refractivity contribution in [2.75, 3.05) is 32.8 Å². The molecule has 0 spiro atoms. The quantitative estimate of drug-likeness (QED) is 0.803. The largest absolute Gasteiger partial charge is 0.457 e. The normalized spacial score (nSPS) is 16.6. The van der Waals surface area contributed by atoms with Crippen molar-refractivity contribution in [3.63, 3.8) is 0 Å². The molecule has 1 heterocycles. The summed E-state index contributed by atoms with van der Waals surface area (Å²) in [5, 5.41) is 13.3. The summed E-state index contributed by atoms with van der Waals surface area (Å²) in [5.41, 5.74) is 1.01. The number of benzene rings is 2. The first-order chi connectivity index (χ1) is 12.1. The van der Waals surface area contributed by atoms with Crippen LogP contribution in [0.4, 0.5) is 0 Å². The van der Waals surface area contributed by atoms with Crippen LogP contribution in [0, 0.1) is 5.41 Å². The molecule has 1 atom stereocenters. The van der Waals surface area contributed by atoms with Crippen LogP contribution in [0.5, 0.6) is 11.5 Å². The topological polar surface area (TPSA) is 44.7 Å². The number of ether oxygens (including phenoxy) is 1. The molecule has 1 aliphatic heterocycles. The Labute approximate surface area is 162 Å². The third-order valence-corrected chi connectivity index (χ3v) is 4.84. The molecule has 0 unspecified atom stereocenters. The van der Waals surface area contributed by atoms with Crippen LogP contribution in [0.2, 0.25) is 0 Å². The SMILES string of the molecule is CC(C)(CO)[C@@H](c1ccc(Oc2ccccc2)cc1)N1CCNCC1.Cl. The van der Waals surface area contributed by atoms with Crippen molar-refractivity contribution in [3.05, 3.63) is 60.2 Å². The van der Waals surface area contributed by atoms with Crippen molar-refractivity contribution >= 4 is 12.4 Å². The standard InChI is InChI=1S/C21H28N2O2.ClH/c1-21(2,16-24)20(23-14-12-22-13-15-23)17-8-10-19(11-9-17)25-18-6-4-3-5-7-18;/h3-11,20,22,24H,12-16H2,1-2H3;1H/t20-;/m1./s1. The second kappa shape index (κ2) is 9.38. The molecule has 0 bridgehead atoms. The summed E-state index contributed by atoms with van der Waals surface area (Å²) in [6.07, 6.45) is 0. The van der Waals surface area contributed by atoms with Gasteiger partial charge in [-0.2, -0.15) is 0 Å². The summed E-state index contributed by atoms with van der Waals surface area (Å²) >= 11 is 0. The molecule has 0 aliphatic carbocycles. The van der Waals surface area contributed by atoms with Gasteiger partial charge in [-0.3, -0.25) is 4.90 Å². The fraction of sp³-hybridized carbons (Fsp3) is 0.429. The van der Waals surface area contributed by atoms with Crippen LogP contribution in [0.3, 0.4) is 0 Å². The highest BCUT2D eigenvalue weighted by Crippen LogP contribution is 2.39. The van der Waals surface area contributed by atoms with Crippen LogP contribution in [0.15, 0.2) is 54.6 Å². The summed E-state index contributed by atoms with van der Waals surface area (Å²) in [6.45, 7) is 8.40. The lowest BCUT2D eigenvalue weighted by Crippen LogP contribution is -2.49. The van der Waals surface area contributed by atoms with Crippen LogP contribution in [-0.2, 0) is 0 Å². The molecule has 1 aliphatic rings. The first-order valence-corrected chi connectivity index (χ1v) is 8.99. The number of nitrogens with zero attached hydrogens (tertiary/aromatic N) is 1. The van der Waals surface area contributed by atoms with Gasteiger partial charge in [0.05, 0.1) is 0 Å². The van der Waals surface area contributed by atoms with E-state index in [1.807, 2.05) is 42.5 Å². The molecule has 3 rings (SSSR count). The van der Waals surface area contributed by atoms with Crippen LogP contribution in [-0.4, -0.2) is 42.8 Å². The van der Waals surface area contributed by atoms with Crippen LogP contribution < -0.4 is 10.1 Å². The van der Waals surface area contributed by atoms with Gasteiger partial charge >= 0.3 is 0 Å². The minimum absolute atomic E-state index is 0. The molecule has 1 saturated heterocycles. The maximum Gasteiger partial charge on any atom is 0.127 e. The van der Waals surface area contributed by atoms with Gasteiger partial charge in [-0.05, 0) is 29.8 Å². The summed E-state index contributed by atoms with van der Waals surface area (Å²) in [7, 11) is 0. The van der Waals surface area contributed by atoms with Crippen molar-refractivity contribution in [1.82, 2.24) is 10.2 Å². The van der Waals surface area contributed by atoms with Gasteiger partial charge in [0.2, 0.25) is 0 Å². The molecule has 0 saturated carbocycles. The van der Waals surface area contributed by atoms with Gasteiger partial charge < -0.3 is 15.2 Å². The van der Waals surface area contributed by atoms with Gasteiger partial charge in [0, 0.05) is 44.2 Å². The van der Waals surface area contributed by atoms with E-state index in [2.05, 4.69) is 36.2 Å². The third-order valence-electron chi connectivity index (χ3n) is 4.84. The first-order valence-electron chi connectivity index (χ1n) is 8.99. The van der Waals surface area contributed by atoms with E-state index in [-0.39, 0.29) is 30.5 Å². The highest BCUT2D eigenvalue weighted by atomic mass is 35.5. The van der Waals surface area contributed by atoms with Gasteiger partial charge in [-0.1, -0.05) is 44.2 Å². The Kier molecular flexibility index (Phi) is 7.47. The second-order valence-electron chi connectivity index (χ2n) is 7.32. The molecule has 2 aromatic carbocycles. The van der Waals surface area contributed by atoms with E-state index in [1.54, 1.807) is 0 Å². The summed E-state index contributed by atoms with van der Waals surface area (Å²) in [5.74, 6) is 1.67. The Morgan fingerprint density at radius 1 is 1.00 bits per heavy atom. The molecule has 0 aromatic heterocycles. The first kappa shape index (κ1) is 20.7. The molecule has 0 radical (unpaired) electrons.